The van der Waals surface area contributed by atoms with Crippen LogP contribution in [0, 0.1) is 0 Å². The Bertz CT molecular complexity index is 569. The maximum absolute atomic E-state index is 12.2. The molecule has 2 rings (SSSR count). The maximum Gasteiger partial charge on any atom is 0.260 e. The second kappa shape index (κ2) is 5.06. The second-order valence-corrected chi connectivity index (χ2v) is 4.20. The van der Waals surface area contributed by atoms with Crippen LogP contribution in [-0.4, -0.2) is 17.9 Å². The lowest BCUT2D eigenvalue weighted by Crippen LogP contribution is -2.27. The fraction of sp³-hybridized carbons (Fsp3) is 0.0769. The number of anilines is 2. The van der Waals surface area contributed by atoms with E-state index in [-0.39, 0.29) is 5.91 Å². The molecule has 0 aliphatic rings. The number of rotatable bonds is 2. The summed E-state index contributed by atoms with van der Waals surface area (Å²) in [7, 11) is 1.64. The van der Waals surface area contributed by atoms with Crippen LogP contribution < -0.4 is 10.6 Å². The van der Waals surface area contributed by atoms with E-state index >= 15 is 0 Å². The molecule has 1 aromatic heterocycles. The van der Waals surface area contributed by atoms with E-state index in [9.17, 15) is 4.79 Å². The molecule has 18 heavy (non-hydrogen) atoms. The van der Waals surface area contributed by atoms with E-state index in [2.05, 4.69) is 4.98 Å². The van der Waals surface area contributed by atoms with Crippen molar-refractivity contribution in [1.29, 1.82) is 0 Å². The van der Waals surface area contributed by atoms with Gasteiger partial charge in [-0.25, -0.2) is 4.98 Å². The van der Waals surface area contributed by atoms with E-state index < -0.39 is 0 Å². The standard InChI is InChI=1S/C13H12ClN3O/c1-17(12-7-6-9(15)8-16-12)13(18)10-4-2-3-5-11(10)14/h2-8H,15H2,1H3. The zero-order valence-corrected chi connectivity index (χ0v) is 10.6. The molecular weight excluding hydrogens is 250 g/mol. The lowest BCUT2D eigenvalue weighted by Gasteiger charge is -2.16. The van der Waals surface area contributed by atoms with Gasteiger partial charge in [0.1, 0.15) is 5.82 Å². The molecule has 1 amide bonds. The van der Waals surface area contributed by atoms with E-state index in [1.807, 2.05) is 0 Å². The minimum Gasteiger partial charge on any atom is -0.397 e. The molecule has 0 saturated heterocycles. The van der Waals surface area contributed by atoms with Crippen LogP contribution in [0.4, 0.5) is 11.5 Å². The zero-order valence-electron chi connectivity index (χ0n) is 9.80. The van der Waals surface area contributed by atoms with E-state index in [1.54, 1.807) is 43.4 Å². The van der Waals surface area contributed by atoms with Crippen LogP contribution in [0.15, 0.2) is 42.6 Å². The van der Waals surface area contributed by atoms with Gasteiger partial charge >= 0.3 is 0 Å². The van der Waals surface area contributed by atoms with Gasteiger partial charge in [0.2, 0.25) is 0 Å². The molecule has 0 radical (unpaired) electrons. The van der Waals surface area contributed by atoms with Gasteiger partial charge in [0.15, 0.2) is 0 Å². The third-order valence-corrected chi connectivity index (χ3v) is 2.85. The number of benzene rings is 1. The van der Waals surface area contributed by atoms with Gasteiger partial charge in [0, 0.05) is 7.05 Å². The first-order valence-electron chi connectivity index (χ1n) is 5.33. The van der Waals surface area contributed by atoms with Crippen LogP contribution in [0.5, 0.6) is 0 Å². The molecule has 2 N–H and O–H groups in total. The number of amides is 1. The molecule has 5 heteroatoms. The maximum atomic E-state index is 12.2. The molecule has 92 valence electrons. The number of nitrogens with two attached hydrogens (primary N) is 1. The van der Waals surface area contributed by atoms with E-state index in [0.717, 1.165) is 0 Å². The van der Waals surface area contributed by atoms with Crippen LogP contribution in [0.3, 0.4) is 0 Å². The van der Waals surface area contributed by atoms with Crippen molar-refractivity contribution in [3.05, 3.63) is 53.2 Å². The zero-order chi connectivity index (χ0) is 13.1. The molecule has 2 aromatic rings. The summed E-state index contributed by atoms with van der Waals surface area (Å²) in [6.45, 7) is 0. The summed E-state index contributed by atoms with van der Waals surface area (Å²) in [5, 5.41) is 0.421. The molecule has 0 saturated carbocycles. The van der Waals surface area contributed by atoms with Gasteiger partial charge in [0.25, 0.3) is 5.91 Å². The van der Waals surface area contributed by atoms with Crippen LogP contribution in [0.1, 0.15) is 10.4 Å². The Morgan fingerprint density at radius 1 is 1.28 bits per heavy atom. The van der Waals surface area contributed by atoms with Crippen molar-refractivity contribution in [2.45, 2.75) is 0 Å². The van der Waals surface area contributed by atoms with Crippen LogP contribution in [0.2, 0.25) is 5.02 Å². The molecule has 0 bridgehead atoms. The first kappa shape index (κ1) is 12.4. The number of carbonyl (C=O) groups excluding carboxylic acids is 1. The Morgan fingerprint density at radius 2 is 2.00 bits per heavy atom. The van der Waals surface area contributed by atoms with Crippen molar-refractivity contribution in [3.8, 4) is 0 Å². The third kappa shape index (κ3) is 2.43. The van der Waals surface area contributed by atoms with Crippen molar-refractivity contribution in [1.82, 2.24) is 4.98 Å². The molecule has 0 atom stereocenters. The number of hydrogen-bond donors (Lipinski definition) is 1. The van der Waals surface area contributed by atoms with Crippen molar-refractivity contribution in [2.75, 3.05) is 17.7 Å². The number of hydrogen-bond acceptors (Lipinski definition) is 3. The third-order valence-electron chi connectivity index (χ3n) is 2.52. The second-order valence-electron chi connectivity index (χ2n) is 3.79. The van der Waals surface area contributed by atoms with Crippen molar-refractivity contribution < 1.29 is 4.79 Å². The number of nitrogens with zero attached hydrogens (tertiary/aromatic N) is 2. The number of aromatic nitrogens is 1. The monoisotopic (exact) mass is 261 g/mol. The Morgan fingerprint density at radius 3 is 2.61 bits per heavy atom. The molecule has 1 aromatic carbocycles. The first-order valence-corrected chi connectivity index (χ1v) is 5.71. The van der Waals surface area contributed by atoms with Gasteiger partial charge < -0.3 is 5.73 Å². The summed E-state index contributed by atoms with van der Waals surface area (Å²) in [6, 6.07) is 10.3. The van der Waals surface area contributed by atoms with E-state index in [4.69, 9.17) is 17.3 Å². The van der Waals surface area contributed by atoms with Gasteiger partial charge in [-0.2, -0.15) is 0 Å². The van der Waals surface area contributed by atoms with Crippen molar-refractivity contribution >= 4 is 29.0 Å². The molecular formula is C13H12ClN3O. The number of pyridine rings is 1. The molecule has 0 unspecified atom stereocenters. The molecule has 0 spiro atoms. The van der Waals surface area contributed by atoms with Gasteiger partial charge in [-0.3, -0.25) is 9.69 Å². The normalized spacial score (nSPS) is 10.1. The molecule has 0 fully saturated rings. The minimum absolute atomic E-state index is 0.210. The smallest absolute Gasteiger partial charge is 0.260 e. The molecule has 4 nitrogen and oxygen atoms in total. The number of halogens is 1. The van der Waals surface area contributed by atoms with Crippen molar-refractivity contribution in [3.63, 3.8) is 0 Å². The van der Waals surface area contributed by atoms with Gasteiger partial charge in [0.05, 0.1) is 22.5 Å². The largest absolute Gasteiger partial charge is 0.397 e. The fourth-order valence-corrected chi connectivity index (χ4v) is 1.73. The molecule has 1 heterocycles. The lowest BCUT2D eigenvalue weighted by molar-refractivity contribution is 0.0992. The highest BCUT2D eigenvalue weighted by Crippen LogP contribution is 2.19. The Hall–Kier alpha value is -2.07. The SMILES string of the molecule is CN(C(=O)c1ccccc1Cl)c1ccc(N)cn1. The minimum atomic E-state index is -0.210. The van der Waals surface area contributed by atoms with E-state index in [0.29, 0.717) is 22.1 Å². The Labute approximate surface area is 110 Å². The molecule has 0 aliphatic heterocycles. The Balaban J connectivity index is 2.29. The topological polar surface area (TPSA) is 59.2 Å². The van der Waals surface area contributed by atoms with Crippen molar-refractivity contribution in [2.24, 2.45) is 0 Å². The lowest BCUT2D eigenvalue weighted by atomic mass is 10.2. The number of nitrogen functional groups attached to an aromatic ring is 1. The first-order chi connectivity index (χ1) is 8.59. The average molecular weight is 262 g/mol. The summed E-state index contributed by atoms with van der Waals surface area (Å²) in [5.74, 6) is 0.312. The van der Waals surface area contributed by atoms with Gasteiger partial charge in [-0.1, -0.05) is 23.7 Å². The fourth-order valence-electron chi connectivity index (χ4n) is 1.52. The summed E-state index contributed by atoms with van der Waals surface area (Å²) in [6.07, 6.45) is 1.51. The van der Waals surface area contributed by atoms with Gasteiger partial charge in [-0.05, 0) is 24.3 Å². The summed E-state index contributed by atoms with van der Waals surface area (Å²) in [4.78, 5) is 17.7. The van der Waals surface area contributed by atoms with Crippen LogP contribution in [-0.2, 0) is 0 Å². The van der Waals surface area contributed by atoms with Crippen LogP contribution >= 0.6 is 11.6 Å². The van der Waals surface area contributed by atoms with Crippen LogP contribution in [0.25, 0.3) is 0 Å². The highest BCUT2D eigenvalue weighted by molar-refractivity contribution is 6.34. The highest BCUT2D eigenvalue weighted by Gasteiger charge is 2.16. The molecule has 0 aliphatic carbocycles. The number of carbonyl (C=O) groups is 1. The highest BCUT2D eigenvalue weighted by atomic mass is 35.5. The predicted molar refractivity (Wildman–Crippen MR) is 72.8 cm³/mol. The van der Waals surface area contributed by atoms with E-state index in [1.165, 1.54) is 11.1 Å². The predicted octanol–water partition coefficient (Wildman–Crippen LogP) is 2.59. The summed E-state index contributed by atoms with van der Waals surface area (Å²) in [5.41, 5.74) is 6.55. The average Bonchev–Trinajstić information content (AvgIpc) is 2.38. The summed E-state index contributed by atoms with van der Waals surface area (Å²) >= 11 is 5.99. The summed E-state index contributed by atoms with van der Waals surface area (Å²) < 4.78 is 0. The van der Waals surface area contributed by atoms with Gasteiger partial charge in [-0.15, -0.1) is 0 Å². The quantitative estimate of drug-likeness (QED) is 0.904. The Kier molecular flexibility index (Phi) is 3.48.